The van der Waals surface area contributed by atoms with E-state index in [-0.39, 0.29) is 0 Å². The first-order valence-electron chi connectivity index (χ1n) is 20.6. The average Bonchev–Trinajstić information content (AvgIpc) is 3.33. The number of rotatable bonds is 5. The fraction of sp³-hybridized carbons (Fsp3) is 0. The van der Waals surface area contributed by atoms with E-state index in [0.717, 1.165) is 39.3 Å². The Morgan fingerprint density at radius 1 is 0.267 bits per heavy atom. The zero-order valence-corrected chi connectivity index (χ0v) is 32.7. The molecule has 278 valence electrons. The molecule has 12 aromatic rings. The van der Waals surface area contributed by atoms with Gasteiger partial charge in [0.05, 0.1) is 23.3 Å². The van der Waals surface area contributed by atoms with Crippen LogP contribution in [0.5, 0.6) is 0 Å². The van der Waals surface area contributed by atoms with Gasteiger partial charge in [-0.25, -0.2) is 4.98 Å². The molecule has 0 aliphatic rings. The van der Waals surface area contributed by atoms with Crippen molar-refractivity contribution >= 4 is 64.6 Å². The highest BCUT2D eigenvalue weighted by molar-refractivity contribution is 6.33. The second-order valence-corrected chi connectivity index (χ2v) is 15.6. The second kappa shape index (κ2) is 13.9. The second-order valence-electron chi connectivity index (χ2n) is 15.6. The van der Waals surface area contributed by atoms with Gasteiger partial charge in [-0.15, -0.1) is 0 Å². The van der Waals surface area contributed by atoms with Gasteiger partial charge in [-0.2, -0.15) is 0 Å². The van der Waals surface area contributed by atoms with Crippen molar-refractivity contribution in [2.75, 3.05) is 0 Å². The molecule has 0 bridgehead atoms. The molecule has 0 saturated carbocycles. The van der Waals surface area contributed by atoms with Crippen molar-refractivity contribution in [1.29, 1.82) is 0 Å². The predicted octanol–water partition coefficient (Wildman–Crippen LogP) is 15.7. The van der Waals surface area contributed by atoms with Crippen LogP contribution in [0.2, 0.25) is 0 Å². The fourth-order valence-corrected chi connectivity index (χ4v) is 9.48. The average molecular weight is 761 g/mol. The minimum atomic E-state index is 0.845. The Morgan fingerprint density at radius 2 is 0.733 bits per heavy atom. The van der Waals surface area contributed by atoms with E-state index in [1.807, 2.05) is 30.5 Å². The van der Waals surface area contributed by atoms with Gasteiger partial charge in [0.1, 0.15) is 0 Å². The molecule has 0 saturated heterocycles. The Labute approximate surface area is 347 Å². The number of aromatic nitrogens is 2. The molecular formula is C58H36N2. The third-order valence-electron chi connectivity index (χ3n) is 12.3. The van der Waals surface area contributed by atoms with Gasteiger partial charge in [-0.3, -0.25) is 4.98 Å². The maximum atomic E-state index is 5.21. The van der Waals surface area contributed by atoms with Gasteiger partial charge in [0.15, 0.2) is 0 Å². The first kappa shape index (κ1) is 34.1. The fourth-order valence-electron chi connectivity index (χ4n) is 9.48. The highest BCUT2D eigenvalue weighted by Gasteiger charge is 2.16. The summed E-state index contributed by atoms with van der Waals surface area (Å²) in [5, 5.41) is 15.2. The van der Waals surface area contributed by atoms with E-state index in [1.54, 1.807) is 0 Å². The minimum Gasteiger partial charge on any atom is -0.252 e. The minimum absolute atomic E-state index is 0.845. The molecule has 1 heterocycles. The normalized spacial score (nSPS) is 11.7. The molecule has 12 rings (SSSR count). The molecule has 0 spiro atoms. The molecule has 1 aromatic heterocycles. The van der Waals surface area contributed by atoms with Crippen LogP contribution in [0.1, 0.15) is 0 Å². The molecular weight excluding hydrogens is 725 g/mol. The van der Waals surface area contributed by atoms with Gasteiger partial charge < -0.3 is 0 Å². The molecule has 60 heavy (non-hydrogen) atoms. The van der Waals surface area contributed by atoms with Crippen molar-refractivity contribution in [2.45, 2.75) is 0 Å². The largest absolute Gasteiger partial charge is 0.252 e. The van der Waals surface area contributed by atoms with Crippen molar-refractivity contribution in [2.24, 2.45) is 0 Å². The molecule has 0 fully saturated rings. The van der Waals surface area contributed by atoms with Crippen LogP contribution in [-0.2, 0) is 0 Å². The van der Waals surface area contributed by atoms with Gasteiger partial charge in [0.2, 0.25) is 0 Å². The van der Waals surface area contributed by atoms with Crippen LogP contribution in [0.15, 0.2) is 219 Å². The lowest BCUT2D eigenvalue weighted by Gasteiger charge is -2.16. The Balaban J connectivity index is 0.988. The maximum Gasteiger partial charge on any atom is 0.0972 e. The third-order valence-corrected chi connectivity index (χ3v) is 12.3. The van der Waals surface area contributed by atoms with Crippen LogP contribution < -0.4 is 0 Å². The summed E-state index contributed by atoms with van der Waals surface area (Å²) in [5.41, 5.74) is 10.5. The van der Waals surface area contributed by atoms with Crippen LogP contribution in [-0.4, -0.2) is 9.97 Å². The molecule has 11 aromatic carbocycles. The SMILES string of the molecule is c1ccc(-c2ncc(-c3ccc(-c4ccc(-c5ccc6c(c5)c5ccccc5c5cccc7ccc8cccc6c8c75)c5ccccc45)cc3)nc2-c2ccccc2)cc1. The van der Waals surface area contributed by atoms with Gasteiger partial charge in [-0.1, -0.05) is 206 Å². The summed E-state index contributed by atoms with van der Waals surface area (Å²) in [4.78, 5) is 10.2. The highest BCUT2D eigenvalue weighted by Crippen LogP contribution is 2.43. The van der Waals surface area contributed by atoms with E-state index >= 15 is 0 Å². The number of benzene rings is 10. The Kier molecular flexibility index (Phi) is 7.89. The van der Waals surface area contributed by atoms with E-state index < -0.39 is 0 Å². The Hall–Kier alpha value is -7.94. The van der Waals surface area contributed by atoms with Gasteiger partial charge in [0, 0.05) is 16.7 Å². The summed E-state index contributed by atoms with van der Waals surface area (Å²) < 4.78 is 0. The summed E-state index contributed by atoms with van der Waals surface area (Å²) in [6.07, 6.45) is 1.90. The standard InChI is InChI=1S/C58H36N2/c1-3-13-41(14-4-1)57-58(42-15-5-2-6-16-42)60-54(36-59-57)38-27-25-37(26-28-38)44-33-34-45(47-20-8-7-19-46(44)47)43-31-32-50-52-24-12-18-40-30-29-39-17-11-23-51(55(39)56(40)52)48-21-9-10-22-49(48)53(50)35-43/h1-36H. The van der Waals surface area contributed by atoms with E-state index in [4.69, 9.17) is 9.97 Å². The number of hydrogen-bond donors (Lipinski definition) is 0. The summed E-state index contributed by atoms with van der Waals surface area (Å²) in [6, 6.07) is 76.9. The first-order chi connectivity index (χ1) is 29.8. The lowest BCUT2D eigenvalue weighted by atomic mass is 9.88. The summed E-state index contributed by atoms with van der Waals surface area (Å²) in [5.74, 6) is 0. The van der Waals surface area contributed by atoms with E-state index in [1.165, 1.54) is 81.3 Å². The van der Waals surface area contributed by atoms with Crippen molar-refractivity contribution in [1.82, 2.24) is 9.97 Å². The predicted molar refractivity (Wildman–Crippen MR) is 254 cm³/mol. The molecule has 0 aliphatic carbocycles. The smallest absolute Gasteiger partial charge is 0.0972 e. The highest BCUT2D eigenvalue weighted by atomic mass is 14.8. The zero-order chi connectivity index (χ0) is 39.6. The topological polar surface area (TPSA) is 25.8 Å². The number of hydrogen-bond acceptors (Lipinski definition) is 2. The van der Waals surface area contributed by atoms with Crippen LogP contribution >= 0.6 is 0 Å². The quantitative estimate of drug-likeness (QED) is 0.163. The van der Waals surface area contributed by atoms with Crippen molar-refractivity contribution in [3.8, 4) is 56.0 Å². The monoisotopic (exact) mass is 760 g/mol. The molecule has 0 unspecified atom stereocenters. The molecule has 0 atom stereocenters. The van der Waals surface area contributed by atoms with E-state index in [2.05, 4.69) is 188 Å². The summed E-state index contributed by atoms with van der Waals surface area (Å²) in [7, 11) is 0. The van der Waals surface area contributed by atoms with Crippen LogP contribution in [0.4, 0.5) is 0 Å². The molecule has 0 aliphatic heterocycles. The zero-order valence-electron chi connectivity index (χ0n) is 32.7. The first-order valence-corrected chi connectivity index (χ1v) is 20.6. The number of fused-ring (bicyclic) bond motifs is 6. The van der Waals surface area contributed by atoms with Crippen molar-refractivity contribution in [3.63, 3.8) is 0 Å². The number of nitrogens with zero attached hydrogens (tertiary/aromatic N) is 2. The molecule has 0 radical (unpaired) electrons. The van der Waals surface area contributed by atoms with Gasteiger partial charge in [-0.05, 0) is 93.0 Å². The van der Waals surface area contributed by atoms with Crippen LogP contribution in [0.3, 0.4) is 0 Å². The Bertz CT molecular complexity index is 3630. The molecule has 2 nitrogen and oxygen atoms in total. The lowest BCUT2D eigenvalue weighted by molar-refractivity contribution is 1.21. The van der Waals surface area contributed by atoms with Gasteiger partial charge >= 0.3 is 0 Å². The van der Waals surface area contributed by atoms with E-state index in [0.29, 0.717) is 0 Å². The maximum absolute atomic E-state index is 5.21. The van der Waals surface area contributed by atoms with Crippen LogP contribution in [0.25, 0.3) is 121 Å². The Morgan fingerprint density at radius 3 is 1.35 bits per heavy atom. The summed E-state index contributed by atoms with van der Waals surface area (Å²) in [6.45, 7) is 0. The van der Waals surface area contributed by atoms with Crippen molar-refractivity contribution < 1.29 is 0 Å². The third kappa shape index (κ3) is 5.50. The van der Waals surface area contributed by atoms with Crippen molar-refractivity contribution in [3.05, 3.63) is 219 Å². The molecule has 0 N–H and O–H groups in total. The summed E-state index contributed by atoms with van der Waals surface area (Å²) >= 11 is 0. The molecule has 2 heteroatoms. The lowest BCUT2D eigenvalue weighted by Crippen LogP contribution is -1.96. The van der Waals surface area contributed by atoms with Crippen LogP contribution in [0, 0.1) is 0 Å². The molecule has 0 amide bonds. The van der Waals surface area contributed by atoms with Gasteiger partial charge in [0.25, 0.3) is 0 Å². The van der Waals surface area contributed by atoms with E-state index in [9.17, 15) is 0 Å².